The third-order valence-corrected chi connectivity index (χ3v) is 3.87. The van der Waals surface area contributed by atoms with Crippen molar-refractivity contribution < 1.29 is 14.3 Å². The highest BCUT2D eigenvalue weighted by Gasteiger charge is 2.54. The van der Waals surface area contributed by atoms with Gasteiger partial charge in [0.15, 0.2) is 5.78 Å². The van der Waals surface area contributed by atoms with Gasteiger partial charge in [-0.2, -0.15) is 0 Å². The van der Waals surface area contributed by atoms with Gasteiger partial charge >= 0.3 is 5.97 Å². The summed E-state index contributed by atoms with van der Waals surface area (Å²) in [5.41, 5.74) is -0.778. The third kappa shape index (κ3) is 2.40. The molecule has 2 rings (SSSR count). The van der Waals surface area contributed by atoms with E-state index in [1.54, 1.807) is 19.9 Å². The van der Waals surface area contributed by atoms with Crippen LogP contribution in [0.3, 0.4) is 0 Å². The maximum Gasteiger partial charge on any atom is 0.319 e. The first-order valence-corrected chi connectivity index (χ1v) is 6.75. The molecule has 1 aliphatic heterocycles. The van der Waals surface area contributed by atoms with Crippen LogP contribution in [-0.4, -0.2) is 17.9 Å². The van der Waals surface area contributed by atoms with Crippen molar-refractivity contribution in [3.63, 3.8) is 0 Å². The number of benzene rings is 1. The fourth-order valence-electron chi connectivity index (χ4n) is 2.48. The van der Waals surface area contributed by atoms with Crippen LogP contribution in [0.2, 0.25) is 0 Å². The minimum absolute atomic E-state index is 0.0797. The molecule has 1 aromatic carbocycles. The summed E-state index contributed by atoms with van der Waals surface area (Å²) in [5, 5.41) is 0. The van der Waals surface area contributed by atoms with Crippen LogP contribution >= 0.6 is 0 Å². The van der Waals surface area contributed by atoms with E-state index < -0.39 is 22.9 Å². The van der Waals surface area contributed by atoms with Crippen molar-refractivity contribution in [2.24, 2.45) is 10.8 Å². The number of carbonyl (C=O) groups excluding carboxylic acids is 2. The second-order valence-corrected chi connectivity index (χ2v) is 6.27. The van der Waals surface area contributed by atoms with Gasteiger partial charge in [0.1, 0.15) is 11.5 Å². The summed E-state index contributed by atoms with van der Waals surface area (Å²) in [5.74, 6) is -0.534. The molecule has 0 radical (unpaired) electrons. The van der Waals surface area contributed by atoms with Crippen molar-refractivity contribution in [1.82, 2.24) is 0 Å². The Balaban J connectivity index is 2.27. The van der Waals surface area contributed by atoms with Crippen LogP contribution in [0, 0.1) is 10.8 Å². The van der Waals surface area contributed by atoms with Gasteiger partial charge in [-0.15, -0.1) is 0 Å². The van der Waals surface area contributed by atoms with Crippen LogP contribution in [0.5, 0.6) is 0 Å². The average molecular weight is 272 g/mol. The first-order valence-electron chi connectivity index (χ1n) is 6.75. The van der Waals surface area contributed by atoms with Gasteiger partial charge < -0.3 is 4.74 Å². The van der Waals surface area contributed by atoms with E-state index in [9.17, 15) is 9.59 Å². The summed E-state index contributed by atoms with van der Waals surface area (Å²) in [7, 11) is 0. The SMILES string of the molecule is CC1(C)C(=O)OC(/C=C/c2ccccc2)C(C)(C)C1=O. The summed E-state index contributed by atoms with van der Waals surface area (Å²) < 4.78 is 5.46. The molecule has 1 aliphatic rings. The minimum atomic E-state index is -1.07. The molecule has 106 valence electrons. The Morgan fingerprint density at radius 2 is 1.65 bits per heavy atom. The summed E-state index contributed by atoms with van der Waals surface area (Å²) in [4.78, 5) is 24.4. The molecule has 0 bridgehead atoms. The van der Waals surface area contributed by atoms with Gasteiger partial charge in [0.05, 0.1) is 5.41 Å². The molecule has 0 amide bonds. The molecule has 0 saturated carbocycles. The largest absolute Gasteiger partial charge is 0.456 e. The van der Waals surface area contributed by atoms with Gasteiger partial charge in [-0.3, -0.25) is 9.59 Å². The molecule has 1 atom stereocenters. The van der Waals surface area contributed by atoms with E-state index in [0.29, 0.717) is 0 Å². The molecule has 0 aliphatic carbocycles. The van der Waals surface area contributed by atoms with Crippen molar-refractivity contribution in [2.75, 3.05) is 0 Å². The monoisotopic (exact) mass is 272 g/mol. The van der Waals surface area contributed by atoms with Crippen LogP contribution in [0.25, 0.3) is 6.08 Å². The highest BCUT2D eigenvalue weighted by atomic mass is 16.5. The first kappa shape index (κ1) is 14.5. The van der Waals surface area contributed by atoms with E-state index in [1.807, 2.05) is 50.3 Å². The average Bonchev–Trinajstić information content (AvgIpc) is 2.41. The van der Waals surface area contributed by atoms with E-state index in [0.717, 1.165) is 5.56 Å². The van der Waals surface area contributed by atoms with E-state index >= 15 is 0 Å². The molecule has 0 spiro atoms. The van der Waals surface area contributed by atoms with Crippen molar-refractivity contribution >= 4 is 17.8 Å². The molecule has 1 fully saturated rings. The highest BCUT2D eigenvalue weighted by molar-refractivity contribution is 6.07. The molecular weight excluding hydrogens is 252 g/mol. The zero-order valence-electron chi connectivity index (χ0n) is 12.3. The van der Waals surface area contributed by atoms with Crippen LogP contribution in [0.4, 0.5) is 0 Å². The molecule has 1 saturated heterocycles. The maximum atomic E-state index is 12.5. The highest BCUT2D eigenvalue weighted by Crippen LogP contribution is 2.40. The fourth-order valence-corrected chi connectivity index (χ4v) is 2.48. The molecule has 0 aromatic heterocycles. The number of esters is 1. The Labute approximate surface area is 119 Å². The van der Waals surface area contributed by atoms with Crippen LogP contribution in [0.15, 0.2) is 36.4 Å². The Kier molecular flexibility index (Phi) is 3.55. The van der Waals surface area contributed by atoms with Crippen molar-refractivity contribution in [2.45, 2.75) is 33.8 Å². The maximum absolute atomic E-state index is 12.5. The second kappa shape index (κ2) is 4.89. The standard InChI is InChI=1S/C17H20O3/c1-16(2)13(11-10-12-8-6-5-7-9-12)20-15(19)17(3,4)14(16)18/h5-11,13H,1-4H3/b11-10+. The van der Waals surface area contributed by atoms with Gasteiger partial charge in [0, 0.05) is 0 Å². The Bertz CT molecular complexity index is 553. The third-order valence-electron chi connectivity index (χ3n) is 3.87. The first-order chi connectivity index (χ1) is 9.26. The zero-order valence-corrected chi connectivity index (χ0v) is 12.3. The Morgan fingerprint density at radius 1 is 1.05 bits per heavy atom. The molecule has 1 unspecified atom stereocenters. The van der Waals surface area contributed by atoms with Crippen LogP contribution in [0.1, 0.15) is 33.3 Å². The number of Topliss-reactive ketones (excluding diaryl/α,β-unsaturated/α-hetero) is 1. The summed E-state index contributed by atoms with van der Waals surface area (Å²) >= 11 is 0. The Hall–Kier alpha value is -1.90. The minimum Gasteiger partial charge on any atom is -0.456 e. The van der Waals surface area contributed by atoms with Gasteiger partial charge in [0.2, 0.25) is 0 Å². The van der Waals surface area contributed by atoms with Gasteiger partial charge in [-0.25, -0.2) is 0 Å². The quantitative estimate of drug-likeness (QED) is 0.613. The van der Waals surface area contributed by atoms with Gasteiger partial charge in [-0.1, -0.05) is 36.4 Å². The number of cyclic esters (lactones) is 1. The summed E-state index contributed by atoms with van der Waals surface area (Å²) in [6.07, 6.45) is 3.14. The number of ether oxygens (including phenoxy) is 1. The second-order valence-electron chi connectivity index (χ2n) is 6.27. The lowest BCUT2D eigenvalue weighted by atomic mass is 9.68. The molecule has 1 aromatic rings. The van der Waals surface area contributed by atoms with Crippen LogP contribution in [-0.2, 0) is 14.3 Å². The molecule has 3 nitrogen and oxygen atoms in total. The molecule has 3 heteroatoms. The van der Waals surface area contributed by atoms with E-state index in [-0.39, 0.29) is 5.78 Å². The summed E-state index contributed by atoms with van der Waals surface area (Å²) in [6, 6.07) is 9.73. The van der Waals surface area contributed by atoms with Crippen molar-refractivity contribution in [3.05, 3.63) is 42.0 Å². The van der Waals surface area contributed by atoms with Crippen molar-refractivity contribution in [3.8, 4) is 0 Å². The van der Waals surface area contributed by atoms with Crippen molar-refractivity contribution in [1.29, 1.82) is 0 Å². The van der Waals surface area contributed by atoms with Crippen LogP contribution < -0.4 is 0 Å². The molecular formula is C17H20O3. The predicted octanol–water partition coefficient (Wildman–Crippen LogP) is 3.25. The number of ketones is 1. The smallest absolute Gasteiger partial charge is 0.319 e. The zero-order chi connectivity index (χ0) is 15.0. The fraction of sp³-hybridized carbons (Fsp3) is 0.412. The topological polar surface area (TPSA) is 43.4 Å². The lowest BCUT2D eigenvalue weighted by Gasteiger charge is -2.41. The number of hydrogen-bond acceptors (Lipinski definition) is 3. The number of hydrogen-bond donors (Lipinski definition) is 0. The number of rotatable bonds is 2. The normalized spacial score (nSPS) is 24.7. The number of carbonyl (C=O) groups is 2. The Morgan fingerprint density at radius 3 is 2.25 bits per heavy atom. The van der Waals surface area contributed by atoms with Gasteiger partial charge in [-0.05, 0) is 39.3 Å². The molecule has 0 N–H and O–H groups in total. The molecule has 1 heterocycles. The van der Waals surface area contributed by atoms with E-state index in [4.69, 9.17) is 4.74 Å². The van der Waals surface area contributed by atoms with Gasteiger partial charge in [0.25, 0.3) is 0 Å². The predicted molar refractivity (Wildman–Crippen MR) is 77.9 cm³/mol. The summed E-state index contributed by atoms with van der Waals surface area (Å²) in [6.45, 7) is 6.89. The lowest BCUT2D eigenvalue weighted by molar-refractivity contribution is -0.181. The lowest BCUT2D eigenvalue weighted by Crippen LogP contribution is -2.55. The molecule has 20 heavy (non-hydrogen) atoms. The van der Waals surface area contributed by atoms with E-state index in [1.165, 1.54) is 0 Å². The van der Waals surface area contributed by atoms with E-state index in [2.05, 4.69) is 0 Å².